The first kappa shape index (κ1) is 17.5. The highest BCUT2D eigenvalue weighted by Gasteiger charge is 2.33. The van der Waals surface area contributed by atoms with Crippen LogP contribution in [0.25, 0.3) is 0 Å². The van der Waals surface area contributed by atoms with E-state index >= 15 is 0 Å². The van der Waals surface area contributed by atoms with Gasteiger partial charge in [0.1, 0.15) is 3.70 Å². The highest BCUT2D eigenvalue weighted by molar-refractivity contribution is 14.1. The molecule has 112 valence electrons. The molecule has 0 amide bonds. The lowest BCUT2D eigenvalue weighted by atomic mass is 10.2. The molecule has 0 spiro atoms. The minimum absolute atomic E-state index is 0.102. The Kier molecular flexibility index (Phi) is 6.49. The van der Waals surface area contributed by atoms with Gasteiger partial charge in [-0.25, -0.2) is 4.98 Å². The molecule has 20 heavy (non-hydrogen) atoms. The van der Waals surface area contributed by atoms with E-state index < -0.39 is 18.1 Å². The summed E-state index contributed by atoms with van der Waals surface area (Å²) in [4.78, 5) is 15.4. The van der Waals surface area contributed by atoms with Crippen LogP contribution in [-0.4, -0.2) is 23.9 Å². The van der Waals surface area contributed by atoms with Crippen molar-refractivity contribution in [1.82, 2.24) is 4.98 Å². The number of rotatable bonds is 5. The predicted octanol–water partition coefficient (Wildman–Crippen LogP) is 3.59. The van der Waals surface area contributed by atoms with Gasteiger partial charge in [0.05, 0.1) is 18.7 Å². The van der Waals surface area contributed by atoms with Gasteiger partial charge in [0.25, 0.3) is 0 Å². The fourth-order valence-corrected chi connectivity index (χ4v) is 2.92. The minimum atomic E-state index is -4.85. The molecule has 1 aromatic heterocycles. The number of carbonyl (C=O) groups is 1. The maximum absolute atomic E-state index is 12.4. The first-order valence-corrected chi connectivity index (χ1v) is 7.62. The number of pyridine rings is 1. The second kappa shape index (κ2) is 7.43. The summed E-state index contributed by atoms with van der Waals surface area (Å²) in [5, 5.41) is 0.326. The van der Waals surface area contributed by atoms with Crippen molar-refractivity contribution in [3.63, 3.8) is 0 Å². The van der Waals surface area contributed by atoms with E-state index in [4.69, 9.17) is 4.74 Å². The van der Waals surface area contributed by atoms with Gasteiger partial charge in [-0.15, -0.1) is 13.2 Å². The third kappa shape index (κ3) is 5.43. The zero-order valence-corrected chi connectivity index (χ0v) is 14.0. The largest absolute Gasteiger partial charge is 0.573 e. The van der Waals surface area contributed by atoms with E-state index in [2.05, 4.69) is 25.7 Å². The van der Waals surface area contributed by atoms with Crippen LogP contribution in [0.2, 0.25) is 0 Å². The average Bonchev–Trinajstić information content (AvgIpc) is 2.31. The summed E-state index contributed by atoms with van der Waals surface area (Å²) >= 11 is 5.03. The van der Waals surface area contributed by atoms with Crippen LogP contribution in [0, 0.1) is 3.70 Å². The van der Waals surface area contributed by atoms with Gasteiger partial charge in [0.2, 0.25) is 0 Å². The molecule has 4 nitrogen and oxygen atoms in total. The lowest BCUT2D eigenvalue weighted by Crippen LogP contribution is -2.20. The molecule has 0 N–H and O–H groups in total. The zero-order chi connectivity index (χ0) is 15.3. The van der Waals surface area contributed by atoms with Crippen LogP contribution in [0.15, 0.2) is 6.07 Å². The summed E-state index contributed by atoms with van der Waals surface area (Å²) in [6.45, 7) is 1.75. The Labute approximate surface area is 135 Å². The fraction of sp³-hybridized carbons (Fsp3) is 0.455. The third-order valence-electron chi connectivity index (χ3n) is 2.07. The van der Waals surface area contributed by atoms with Gasteiger partial charge in [0.15, 0.2) is 5.75 Å². The number of halogens is 5. The number of ether oxygens (including phenoxy) is 2. The number of hydrogen-bond donors (Lipinski definition) is 0. The van der Waals surface area contributed by atoms with Gasteiger partial charge >= 0.3 is 12.3 Å². The highest BCUT2D eigenvalue weighted by atomic mass is 127. The quantitative estimate of drug-likeness (QED) is 0.287. The Balaban J connectivity index is 3.12. The van der Waals surface area contributed by atoms with E-state index in [1.54, 1.807) is 6.92 Å². The van der Waals surface area contributed by atoms with Crippen molar-refractivity contribution in [2.24, 2.45) is 0 Å². The molecule has 0 radical (unpaired) electrons. The molecule has 0 aliphatic heterocycles. The molecule has 0 aromatic carbocycles. The number of esters is 1. The van der Waals surface area contributed by atoms with E-state index in [1.807, 2.05) is 22.6 Å². The van der Waals surface area contributed by atoms with Gasteiger partial charge in [0, 0.05) is 5.33 Å². The number of alkyl halides is 4. The Bertz CT molecular complexity index is 497. The Morgan fingerprint density at radius 3 is 2.65 bits per heavy atom. The fourth-order valence-electron chi connectivity index (χ4n) is 1.33. The SMILES string of the molecule is CCOC(=O)Cc1nc(I)c(CBr)cc1OC(F)(F)F. The second-order valence-electron chi connectivity index (χ2n) is 3.55. The first-order chi connectivity index (χ1) is 9.26. The first-order valence-electron chi connectivity index (χ1n) is 5.42. The Morgan fingerprint density at radius 2 is 2.15 bits per heavy atom. The predicted molar refractivity (Wildman–Crippen MR) is 76.6 cm³/mol. The highest BCUT2D eigenvalue weighted by Crippen LogP contribution is 2.29. The molecule has 0 saturated heterocycles. The third-order valence-corrected chi connectivity index (χ3v) is 3.61. The number of hydrogen-bond acceptors (Lipinski definition) is 4. The van der Waals surface area contributed by atoms with Crippen molar-refractivity contribution in [3.05, 3.63) is 21.0 Å². The van der Waals surface area contributed by atoms with E-state index in [9.17, 15) is 18.0 Å². The molecule has 0 fully saturated rings. The van der Waals surface area contributed by atoms with Crippen molar-refractivity contribution in [1.29, 1.82) is 0 Å². The molecule has 0 atom stereocenters. The van der Waals surface area contributed by atoms with Crippen LogP contribution >= 0.6 is 38.5 Å². The van der Waals surface area contributed by atoms with Crippen LogP contribution in [0.3, 0.4) is 0 Å². The summed E-state index contributed by atoms with van der Waals surface area (Å²) in [7, 11) is 0. The molecule has 1 aromatic rings. The van der Waals surface area contributed by atoms with E-state index in [0.717, 1.165) is 0 Å². The molecule has 1 rings (SSSR count). The molecule has 0 bridgehead atoms. The van der Waals surface area contributed by atoms with Gasteiger partial charge in [-0.2, -0.15) is 0 Å². The molecule has 0 aliphatic carbocycles. The molecule has 9 heteroatoms. The average molecular weight is 468 g/mol. The smallest absolute Gasteiger partial charge is 0.466 e. The zero-order valence-electron chi connectivity index (χ0n) is 10.3. The van der Waals surface area contributed by atoms with Crippen molar-refractivity contribution in [2.45, 2.75) is 25.0 Å². The molecular weight excluding hydrogens is 458 g/mol. The van der Waals surface area contributed by atoms with Gasteiger partial charge < -0.3 is 9.47 Å². The van der Waals surface area contributed by atoms with E-state index in [0.29, 0.717) is 14.6 Å². The summed E-state index contributed by atoms with van der Waals surface area (Å²) in [6, 6.07) is 1.21. The maximum atomic E-state index is 12.4. The lowest BCUT2D eigenvalue weighted by Gasteiger charge is -2.14. The number of carbonyl (C=O) groups excluding carboxylic acids is 1. The van der Waals surface area contributed by atoms with Crippen molar-refractivity contribution >= 4 is 44.5 Å². The Morgan fingerprint density at radius 1 is 1.50 bits per heavy atom. The van der Waals surface area contributed by atoms with Crippen LogP contribution < -0.4 is 4.74 Å². The van der Waals surface area contributed by atoms with Crippen molar-refractivity contribution in [2.75, 3.05) is 6.61 Å². The monoisotopic (exact) mass is 467 g/mol. The molecule has 0 unspecified atom stereocenters. The summed E-state index contributed by atoms with van der Waals surface area (Å²) < 4.78 is 46.2. The molecule has 0 saturated carbocycles. The standard InChI is InChI=1S/C11H10BrF3INO3/c1-2-19-9(18)4-7-8(20-11(13,14)15)3-6(5-12)10(16)17-7/h3H,2,4-5H2,1H3. The van der Waals surface area contributed by atoms with Crippen LogP contribution in [-0.2, 0) is 21.3 Å². The molecule has 0 aliphatic rings. The van der Waals surface area contributed by atoms with Gasteiger partial charge in [-0.3, -0.25) is 4.79 Å². The number of aromatic nitrogens is 1. The van der Waals surface area contributed by atoms with E-state index in [1.165, 1.54) is 6.07 Å². The van der Waals surface area contributed by atoms with Gasteiger partial charge in [-0.05, 0) is 41.1 Å². The second-order valence-corrected chi connectivity index (χ2v) is 5.13. The Hall–Kier alpha value is -0.580. The van der Waals surface area contributed by atoms with E-state index in [-0.39, 0.29) is 18.7 Å². The summed E-state index contributed by atoms with van der Waals surface area (Å²) in [6.07, 6.45) is -5.22. The molecular formula is C11H10BrF3INO3. The topological polar surface area (TPSA) is 48.4 Å². The maximum Gasteiger partial charge on any atom is 0.573 e. The molecule has 1 heterocycles. The number of nitrogens with zero attached hydrogens (tertiary/aromatic N) is 1. The van der Waals surface area contributed by atoms with Gasteiger partial charge in [-0.1, -0.05) is 15.9 Å². The van der Waals surface area contributed by atoms with Crippen molar-refractivity contribution < 1.29 is 27.4 Å². The minimum Gasteiger partial charge on any atom is -0.466 e. The van der Waals surface area contributed by atoms with Crippen LogP contribution in [0.5, 0.6) is 5.75 Å². The van der Waals surface area contributed by atoms with Crippen molar-refractivity contribution in [3.8, 4) is 5.75 Å². The van der Waals surface area contributed by atoms with Crippen LogP contribution in [0.1, 0.15) is 18.2 Å². The lowest BCUT2D eigenvalue weighted by molar-refractivity contribution is -0.275. The summed E-state index contributed by atoms with van der Waals surface area (Å²) in [5.41, 5.74) is 0.437. The summed E-state index contributed by atoms with van der Waals surface area (Å²) in [5.74, 6) is -1.14. The normalized spacial score (nSPS) is 11.3. The van der Waals surface area contributed by atoms with Crippen LogP contribution in [0.4, 0.5) is 13.2 Å².